The van der Waals surface area contributed by atoms with Gasteiger partial charge in [-0.05, 0) is 12.5 Å². The van der Waals surface area contributed by atoms with Crippen LogP contribution in [0.2, 0.25) is 0 Å². The van der Waals surface area contributed by atoms with Crippen LogP contribution in [0.4, 0.5) is 5.82 Å². The van der Waals surface area contributed by atoms with Crippen molar-refractivity contribution >= 4 is 5.82 Å². The van der Waals surface area contributed by atoms with E-state index in [4.69, 9.17) is 0 Å². The van der Waals surface area contributed by atoms with Crippen molar-refractivity contribution in [3.05, 3.63) is 35.5 Å². The van der Waals surface area contributed by atoms with E-state index in [0.717, 1.165) is 55.4 Å². The Bertz CT molecular complexity index is 547. The molecule has 0 radical (unpaired) electrons. The van der Waals surface area contributed by atoms with Gasteiger partial charge >= 0.3 is 0 Å². The molecule has 0 saturated heterocycles. The molecule has 0 atom stereocenters. The maximum atomic E-state index is 4.57. The first-order valence-electron chi connectivity index (χ1n) is 7.38. The third kappa shape index (κ3) is 3.35. The Labute approximate surface area is 120 Å². The van der Waals surface area contributed by atoms with Gasteiger partial charge < -0.3 is 5.32 Å². The minimum atomic E-state index is 0.718. The van der Waals surface area contributed by atoms with Gasteiger partial charge in [0.05, 0.1) is 6.54 Å². The summed E-state index contributed by atoms with van der Waals surface area (Å²) in [4.78, 5) is 8.97. The molecule has 2 rings (SSSR count). The lowest BCUT2D eigenvalue weighted by Gasteiger charge is -2.11. The van der Waals surface area contributed by atoms with Crippen LogP contribution in [-0.2, 0) is 19.4 Å². The molecule has 5 heteroatoms. The van der Waals surface area contributed by atoms with Crippen LogP contribution in [0.15, 0.2) is 18.3 Å². The molecule has 2 aromatic heterocycles. The van der Waals surface area contributed by atoms with E-state index in [1.165, 1.54) is 0 Å². The van der Waals surface area contributed by atoms with Crippen LogP contribution in [0.3, 0.4) is 0 Å². The molecule has 108 valence electrons. The van der Waals surface area contributed by atoms with Gasteiger partial charge in [-0.3, -0.25) is 0 Å². The Hall–Kier alpha value is -1.91. The summed E-state index contributed by atoms with van der Waals surface area (Å²) < 4.78 is 1.99. The van der Waals surface area contributed by atoms with Crippen LogP contribution in [0.25, 0.3) is 0 Å². The number of nitrogens with one attached hydrogen (secondary N) is 1. The van der Waals surface area contributed by atoms with Crippen LogP contribution in [0.1, 0.15) is 44.4 Å². The van der Waals surface area contributed by atoms with Crippen LogP contribution >= 0.6 is 0 Å². The lowest BCUT2D eigenvalue weighted by atomic mass is 10.2. The molecule has 0 bridgehead atoms. The third-order valence-electron chi connectivity index (χ3n) is 3.18. The Morgan fingerprint density at radius 2 is 2.05 bits per heavy atom. The highest BCUT2D eigenvalue weighted by Crippen LogP contribution is 2.14. The average Bonchev–Trinajstić information content (AvgIpc) is 2.88. The number of aromatic nitrogens is 4. The second-order valence-electron chi connectivity index (χ2n) is 4.75. The number of anilines is 1. The Morgan fingerprint density at radius 3 is 2.75 bits per heavy atom. The van der Waals surface area contributed by atoms with Gasteiger partial charge in [0, 0.05) is 31.1 Å². The molecule has 2 aromatic rings. The summed E-state index contributed by atoms with van der Waals surface area (Å²) in [6, 6.07) is 4.06. The van der Waals surface area contributed by atoms with E-state index in [9.17, 15) is 0 Å². The summed E-state index contributed by atoms with van der Waals surface area (Å²) in [5.41, 5.74) is 1.16. The predicted molar refractivity (Wildman–Crippen MR) is 80.9 cm³/mol. The fraction of sp³-hybridized carbons (Fsp3) is 0.533. The Morgan fingerprint density at radius 1 is 1.20 bits per heavy atom. The number of rotatable bonds is 7. The van der Waals surface area contributed by atoms with Crippen molar-refractivity contribution in [2.75, 3.05) is 11.9 Å². The molecular formula is C15H23N5. The van der Waals surface area contributed by atoms with Gasteiger partial charge in [0.1, 0.15) is 11.6 Å². The zero-order chi connectivity index (χ0) is 14.4. The Kier molecular flexibility index (Phi) is 5.09. The maximum Gasteiger partial charge on any atom is 0.150 e. The fourth-order valence-corrected chi connectivity index (χ4v) is 2.09. The van der Waals surface area contributed by atoms with E-state index in [1.807, 2.05) is 16.9 Å². The monoisotopic (exact) mass is 273 g/mol. The van der Waals surface area contributed by atoms with Crippen LogP contribution in [-0.4, -0.2) is 26.3 Å². The Balaban J connectivity index is 2.23. The quantitative estimate of drug-likeness (QED) is 0.842. The molecular weight excluding hydrogens is 250 g/mol. The van der Waals surface area contributed by atoms with E-state index < -0.39 is 0 Å². The highest BCUT2D eigenvalue weighted by Gasteiger charge is 2.10. The first-order chi connectivity index (χ1) is 9.78. The molecule has 0 amide bonds. The van der Waals surface area contributed by atoms with E-state index in [1.54, 1.807) is 0 Å². The normalized spacial score (nSPS) is 10.8. The lowest BCUT2D eigenvalue weighted by Crippen LogP contribution is -2.11. The van der Waals surface area contributed by atoms with Crippen molar-refractivity contribution in [3.63, 3.8) is 0 Å². The molecule has 0 unspecified atom stereocenters. The van der Waals surface area contributed by atoms with Crippen molar-refractivity contribution in [1.82, 2.24) is 19.7 Å². The van der Waals surface area contributed by atoms with Crippen molar-refractivity contribution in [3.8, 4) is 0 Å². The van der Waals surface area contributed by atoms with Crippen LogP contribution in [0.5, 0.6) is 0 Å². The average molecular weight is 273 g/mol. The number of hydrogen-bond acceptors (Lipinski definition) is 4. The number of hydrogen-bond donors (Lipinski definition) is 1. The summed E-state index contributed by atoms with van der Waals surface area (Å²) in [6.07, 6.45) is 4.67. The van der Waals surface area contributed by atoms with E-state index >= 15 is 0 Å². The first kappa shape index (κ1) is 14.5. The van der Waals surface area contributed by atoms with Gasteiger partial charge in [0.25, 0.3) is 0 Å². The summed E-state index contributed by atoms with van der Waals surface area (Å²) in [7, 11) is 0. The van der Waals surface area contributed by atoms with Crippen molar-refractivity contribution in [2.45, 2.75) is 46.6 Å². The second kappa shape index (κ2) is 7.03. The highest BCUT2D eigenvalue weighted by atomic mass is 15.3. The van der Waals surface area contributed by atoms with Gasteiger partial charge in [0.15, 0.2) is 5.82 Å². The maximum absolute atomic E-state index is 4.57. The van der Waals surface area contributed by atoms with Crippen LogP contribution < -0.4 is 5.32 Å². The topological polar surface area (TPSA) is 55.6 Å². The van der Waals surface area contributed by atoms with Crippen molar-refractivity contribution in [1.29, 1.82) is 0 Å². The highest BCUT2D eigenvalue weighted by molar-refractivity contribution is 5.43. The number of nitrogens with zero attached hydrogens (tertiary/aromatic N) is 4. The molecule has 0 aliphatic carbocycles. The minimum absolute atomic E-state index is 0.718. The third-order valence-corrected chi connectivity index (χ3v) is 3.18. The molecule has 20 heavy (non-hydrogen) atoms. The SMILES string of the molecule is CCCNc1ncccc1Cn1nc(CC)nc1CC. The molecule has 0 fully saturated rings. The molecule has 0 spiro atoms. The van der Waals surface area contributed by atoms with Gasteiger partial charge in [0.2, 0.25) is 0 Å². The fourth-order valence-electron chi connectivity index (χ4n) is 2.09. The molecule has 1 N–H and O–H groups in total. The number of aryl methyl sites for hydroxylation is 2. The lowest BCUT2D eigenvalue weighted by molar-refractivity contribution is 0.636. The zero-order valence-corrected chi connectivity index (χ0v) is 12.6. The molecule has 0 aliphatic rings. The first-order valence-corrected chi connectivity index (χ1v) is 7.38. The summed E-state index contributed by atoms with van der Waals surface area (Å²) in [5, 5.41) is 7.94. The standard InChI is InChI=1S/C15H23N5/c1-4-9-16-15-12(8-7-10-17-15)11-20-14(6-3)18-13(5-2)19-20/h7-8,10H,4-6,9,11H2,1-3H3,(H,16,17). The second-order valence-corrected chi connectivity index (χ2v) is 4.75. The summed E-state index contributed by atoms with van der Waals surface area (Å²) in [6.45, 7) is 7.99. The van der Waals surface area contributed by atoms with E-state index in [0.29, 0.717) is 0 Å². The smallest absolute Gasteiger partial charge is 0.150 e. The van der Waals surface area contributed by atoms with Gasteiger partial charge in [-0.1, -0.05) is 26.8 Å². The molecule has 0 aliphatic heterocycles. The molecule has 0 aromatic carbocycles. The largest absolute Gasteiger partial charge is 0.370 e. The number of pyridine rings is 1. The van der Waals surface area contributed by atoms with Gasteiger partial charge in [-0.25, -0.2) is 14.6 Å². The van der Waals surface area contributed by atoms with Gasteiger partial charge in [-0.2, -0.15) is 5.10 Å². The summed E-state index contributed by atoms with van der Waals surface area (Å²) >= 11 is 0. The zero-order valence-electron chi connectivity index (χ0n) is 12.6. The van der Waals surface area contributed by atoms with Crippen LogP contribution in [0, 0.1) is 0 Å². The molecule has 5 nitrogen and oxygen atoms in total. The predicted octanol–water partition coefficient (Wildman–Crippen LogP) is 2.67. The summed E-state index contributed by atoms with van der Waals surface area (Å²) in [5.74, 6) is 2.89. The molecule has 0 saturated carbocycles. The van der Waals surface area contributed by atoms with E-state index in [2.05, 4.69) is 47.2 Å². The minimum Gasteiger partial charge on any atom is -0.370 e. The van der Waals surface area contributed by atoms with Crippen molar-refractivity contribution < 1.29 is 0 Å². The van der Waals surface area contributed by atoms with E-state index in [-0.39, 0.29) is 0 Å². The molecule has 2 heterocycles. The van der Waals surface area contributed by atoms with Crippen molar-refractivity contribution in [2.24, 2.45) is 0 Å². The van der Waals surface area contributed by atoms with Gasteiger partial charge in [-0.15, -0.1) is 0 Å².